The molecule has 0 unspecified atom stereocenters. The van der Waals surface area contributed by atoms with Crippen molar-refractivity contribution in [3.8, 4) is 0 Å². The van der Waals surface area contributed by atoms with E-state index in [1.54, 1.807) is 7.05 Å². The molecule has 2 aromatic carbocycles. The number of hydrogen-bond acceptors (Lipinski definition) is 2. The second-order valence-electron chi connectivity index (χ2n) is 7.06. The Balaban J connectivity index is 1.61. The fraction of sp³-hybridized carbons (Fsp3) is 0.304. The molecule has 0 atom stereocenters. The Morgan fingerprint density at radius 2 is 1.64 bits per heavy atom. The van der Waals surface area contributed by atoms with Crippen LogP contribution in [0.2, 0.25) is 0 Å². The highest BCUT2D eigenvalue weighted by Crippen LogP contribution is 2.14. The van der Waals surface area contributed by atoms with Crippen molar-refractivity contribution in [3.05, 3.63) is 88.2 Å². The summed E-state index contributed by atoms with van der Waals surface area (Å²) in [6.45, 7) is 8.52. The molecular formula is C23H29N5. The van der Waals surface area contributed by atoms with Crippen molar-refractivity contribution in [2.75, 3.05) is 7.05 Å². The predicted molar refractivity (Wildman–Crippen MR) is 115 cm³/mol. The quantitative estimate of drug-likeness (QED) is 0.510. The Bertz CT molecular complexity index is 941. The number of nitrogens with one attached hydrogen (secondary N) is 2. The zero-order chi connectivity index (χ0) is 19.9. The highest BCUT2D eigenvalue weighted by molar-refractivity contribution is 5.79. The van der Waals surface area contributed by atoms with Gasteiger partial charge in [0.1, 0.15) is 0 Å². The molecule has 5 heteroatoms. The van der Waals surface area contributed by atoms with Gasteiger partial charge in [0.15, 0.2) is 5.96 Å². The number of aromatic nitrogens is 2. The van der Waals surface area contributed by atoms with Gasteiger partial charge in [-0.3, -0.25) is 9.67 Å². The van der Waals surface area contributed by atoms with Gasteiger partial charge in [0, 0.05) is 31.4 Å². The fourth-order valence-electron chi connectivity index (χ4n) is 3.30. The minimum absolute atomic E-state index is 0.694. The van der Waals surface area contributed by atoms with E-state index in [1.165, 1.54) is 27.9 Å². The molecule has 5 nitrogen and oxygen atoms in total. The van der Waals surface area contributed by atoms with E-state index in [4.69, 9.17) is 5.10 Å². The Kier molecular flexibility index (Phi) is 6.48. The normalized spacial score (nSPS) is 11.5. The van der Waals surface area contributed by atoms with Gasteiger partial charge in [-0.25, -0.2) is 0 Å². The van der Waals surface area contributed by atoms with Crippen LogP contribution in [-0.4, -0.2) is 22.8 Å². The Hall–Kier alpha value is -3.08. The van der Waals surface area contributed by atoms with Gasteiger partial charge in [0.25, 0.3) is 0 Å². The minimum Gasteiger partial charge on any atom is -0.352 e. The molecule has 28 heavy (non-hydrogen) atoms. The molecular weight excluding hydrogens is 346 g/mol. The van der Waals surface area contributed by atoms with Crippen LogP contribution >= 0.6 is 0 Å². The zero-order valence-corrected chi connectivity index (χ0v) is 17.2. The van der Waals surface area contributed by atoms with Gasteiger partial charge in [-0.2, -0.15) is 5.10 Å². The highest BCUT2D eigenvalue weighted by Gasteiger charge is 2.12. The largest absolute Gasteiger partial charge is 0.352 e. The van der Waals surface area contributed by atoms with E-state index in [1.807, 2.05) is 6.07 Å². The molecule has 0 bridgehead atoms. The summed E-state index contributed by atoms with van der Waals surface area (Å²) in [6.07, 6.45) is 0. The maximum Gasteiger partial charge on any atom is 0.191 e. The molecule has 3 aromatic rings. The lowest BCUT2D eigenvalue weighted by Gasteiger charge is -2.13. The van der Waals surface area contributed by atoms with Crippen LogP contribution in [0.25, 0.3) is 0 Å². The van der Waals surface area contributed by atoms with E-state index in [-0.39, 0.29) is 0 Å². The van der Waals surface area contributed by atoms with Crippen molar-refractivity contribution in [1.82, 2.24) is 20.4 Å². The molecule has 0 aliphatic rings. The lowest BCUT2D eigenvalue weighted by atomic mass is 10.1. The van der Waals surface area contributed by atoms with Crippen molar-refractivity contribution in [2.45, 2.75) is 40.4 Å². The lowest BCUT2D eigenvalue weighted by molar-refractivity contribution is 0.657. The molecule has 3 rings (SSSR count). The zero-order valence-electron chi connectivity index (χ0n) is 17.2. The number of benzene rings is 2. The molecule has 146 valence electrons. The first-order valence-corrected chi connectivity index (χ1v) is 9.63. The molecule has 0 fully saturated rings. The lowest BCUT2D eigenvalue weighted by Crippen LogP contribution is -2.36. The van der Waals surface area contributed by atoms with Crippen LogP contribution in [0.4, 0.5) is 0 Å². The molecule has 0 aliphatic carbocycles. The first-order valence-electron chi connectivity index (χ1n) is 9.63. The number of aliphatic imine (C=N–C) groups is 1. The number of nitrogens with zero attached hydrogens (tertiary/aromatic N) is 3. The van der Waals surface area contributed by atoms with E-state index in [2.05, 4.69) is 89.6 Å². The topological polar surface area (TPSA) is 54.2 Å². The van der Waals surface area contributed by atoms with Crippen molar-refractivity contribution in [2.24, 2.45) is 4.99 Å². The summed E-state index contributed by atoms with van der Waals surface area (Å²) in [5, 5.41) is 11.5. The molecule has 2 N–H and O–H groups in total. The maximum atomic E-state index is 4.73. The highest BCUT2D eigenvalue weighted by atomic mass is 15.3. The van der Waals surface area contributed by atoms with Gasteiger partial charge in [0.2, 0.25) is 0 Å². The van der Waals surface area contributed by atoms with E-state index >= 15 is 0 Å². The number of guanidine groups is 1. The minimum atomic E-state index is 0.694. The van der Waals surface area contributed by atoms with Crippen LogP contribution in [0.1, 0.15) is 33.6 Å². The van der Waals surface area contributed by atoms with Crippen LogP contribution in [0.15, 0.2) is 59.6 Å². The molecule has 0 spiro atoms. The monoisotopic (exact) mass is 375 g/mol. The number of hydrogen-bond donors (Lipinski definition) is 2. The summed E-state index contributed by atoms with van der Waals surface area (Å²) < 4.78 is 2.07. The summed E-state index contributed by atoms with van der Waals surface area (Å²) >= 11 is 0. The number of aryl methyl sites for hydroxylation is 2. The average molecular weight is 376 g/mol. The first-order chi connectivity index (χ1) is 13.6. The van der Waals surface area contributed by atoms with E-state index < -0.39 is 0 Å². The van der Waals surface area contributed by atoms with Gasteiger partial charge in [-0.05, 0) is 31.9 Å². The molecule has 0 aliphatic heterocycles. The smallest absolute Gasteiger partial charge is 0.191 e. The molecule has 1 heterocycles. The van der Waals surface area contributed by atoms with Crippen LogP contribution < -0.4 is 10.6 Å². The SMILES string of the molecule is CN=C(NCc1cccc(C)c1)NCc1c(C)nn(Cc2ccccc2)c1C. The molecule has 0 saturated carbocycles. The van der Waals surface area contributed by atoms with Crippen molar-refractivity contribution in [3.63, 3.8) is 0 Å². The third-order valence-corrected chi connectivity index (χ3v) is 4.91. The first kappa shape index (κ1) is 19.7. The Morgan fingerprint density at radius 1 is 0.929 bits per heavy atom. The fourth-order valence-corrected chi connectivity index (χ4v) is 3.30. The molecule has 0 amide bonds. The molecule has 0 radical (unpaired) electrons. The van der Waals surface area contributed by atoms with Gasteiger partial charge >= 0.3 is 0 Å². The van der Waals surface area contributed by atoms with Crippen LogP contribution in [0.3, 0.4) is 0 Å². The van der Waals surface area contributed by atoms with Crippen LogP contribution in [0, 0.1) is 20.8 Å². The van der Waals surface area contributed by atoms with Crippen molar-refractivity contribution >= 4 is 5.96 Å². The van der Waals surface area contributed by atoms with E-state index in [0.717, 1.165) is 24.7 Å². The summed E-state index contributed by atoms with van der Waals surface area (Å²) in [7, 11) is 1.80. The van der Waals surface area contributed by atoms with Crippen LogP contribution in [0.5, 0.6) is 0 Å². The summed E-state index contributed by atoms with van der Waals surface area (Å²) in [4.78, 5) is 4.34. The van der Waals surface area contributed by atoms with Gasteiger partial charge in [0.05, 0.1) is 12.2 Å². The Morgan fingerprint density at radius 3 is 2.36 bits per heavy atom. The number of rotatable bonds is 6. The Labute approximate surface area is 167 Å². The second kappa shape index (κ2) is 9.22. The maximum absolute atomic E-state index is 4.73. The standard InChI is InChI=1S/C23H29N5/c1-17-9-8-12-21(13-17)14-25-23(24-4)26-15-22-18(2)27-28(19(22)3)16-20-10-6-5-7-11-20/h5-13H,14-16H2,1-4H3,(H2,24,25,26). The average Bonchev–Trinajstić information content (AvgIpc) is 2.96. The van der Waals surface area contributed by atoms with Gasteiger partial charge in [-0.1, -0.05) is 60.2 Å². The van der Waals surface area contributed by atoms with Crippen LogP contribution in [-0.2, 0) is 19.6 Å². The van der Waals surface area contributed by atoms with Crippen molar-refractivity contribution < 1.29 is 0 Å². The van der Waals surface area contributed by atoms with Gasteiger partial charge < -0.3 is 10.6 Å². The second-order valence-corrected chi connectivity index (χ2v) is 7.06. The molecule has 0 saturated heterocycles. The van der Waals surface area contributed by atoms with Crippen molar-refractivity contribution in [1.29, 1.82) is 0 Å². The van der Waals surface area contributed by atoms with E-state index in [0.29, 0.717) is 6.54 Å². The predicted octanol–water partition coefficient (Wildman–Crippen LogP) is 3.72. The third-order valence-electron chi connectivity index (χ3n) is 4.91. The third kappa shape index (κ3) is 5.00. The molecule has 1 aromatic heterocycles. The van der Waals surface area contributed by atoms with E-state index in [9.17, 15) is 0 Å². The summed E-state index contributed by atoms with van der Waals surface area (Å²) in [5.74, 6) is 0.788. The van der Waals surface area contributed by atoms with Gasteiger partial charge in [-0.15, -0.1) is 0 Å². The summed E-state index contributed by atoms with van der Waals surface area (Å²) in [5.41, 5.74) is 7.21. The summed E-state index contributed by atoms with van der Waals surface area (Å²) in [6, 6.07) is 18.9.